The van der Waals surface area contributed by atoms with E-state index in [0.717, 1.165) is 26.6 Å². The first-order valence-corrected chi connectivity index (χ1v) is 6.76. The molecule has 0 radical (unpaired) electrons. The first-order valence-electron chi connectivity index (χ1n) is 5.50. The van der Waals surface area contributed by atoms with Crippen LogP contribution in [0.2, 0.25) is 5.02 Å². The van der Waals surface area contributed by atoms with E-state index in [0.29, 0.717) is 6.54 Å². The summed E-state index contributed by atoms with van der Waals surface area (Å²) in [5.74, 6) is 0. The maximum absolute atomic E-state index is 6.15. The quantitative estimate of drug-likeness (QED) is 0.786. The van der Waals surface area contributed by atoms with E-state index in [1.807, 2.05) is 29.6 Å². The van der Waals surface area contributed by atoms with Crippen LogP contribution in [0.25, 0.3) is 10.9 Å². The number of benzene rings is 1. The Bertz CT molecular complexity index is 667. The molecule has 0 amide bonds. The molecule has 3 rings (SSSR count). The van der Waals surface area contributed by atoms with E-state index >= 15 is 0 Å². The normalized spacial score (nSPS) is 10.7. The smallest absolute Gasteiger partial charge is 0.112 e. The minimum atomic E-state index is 0.699. The van der Waals surface area contributed by atoms with Gasteiger partial charge in [-0.2, -0.15) is 0 Å². The predicted molar refractivity (Wildman–Crippen MR) is 76.2 cm³/mol. The van der Waals surface area contributed by atoms with Crippen molar-refractivity contribution in [1.29, 1.82) is 0 Å². The number of halogens is 1. The molecule has 0 unspecified atom stereocenters. The van der Waals surface area contributed by atoms with E-state index in [-0.39, 0.29) is 0 Å². The lowest BCUT2D eigenvalue weighted by molar-refractivity contribution is 1.10. The molecule has 1 aromatic carbocycles. The van der Waals surface area contributed by atoms with Gasteiger partial charge in [-0.15, -0.1) is 11.3 Å². The van der Waals surface area contributed by atoms with Crippen molar-refractivity contribution in [1.82, 2.24) is 9.97 Å². The number of pyridine rings is 1. The number of hydrogen-bond donors (Lipinski definition) is 1. The van der Waals surface area contributed by atoms with E-state index < -0.39 is 0 Å². The number of thiazole rings is 1. The lowest BCUT2D eigenvalue weighted by Gasteiger charge is -2.08. The third-order valence-corrected chi connectivity index (χ3v) is 3.74. The molecule has 3 aromatic rings. The second-order valence-electron chi connectivity index (χ2n) is 3.77. The molecular formula is C13H10ClN3S. The average Bonchev–Trinajstić information content (AvgIpc) is 2.92. The van der Waals surface area contributed by atoms with Gasteiger partial charge in [-0.3, -0.25) is 4.98 Å². The Kier molecular flexibility index (Phi) is 3.13. The van der Waals surface area contributed by atoms with Crippen molar-refractivity contribution in [2.24, 2.45) is 0 Å². The summed E-state index contributed by atoms with van der Waals surface area (Å²) in [4.78, 5) is 8.62. The summed E-state index contributed by atoms with van der Waals surface area (Å²) >= 11 is 7.78. The molecule has 90 valence electrons. The van der Waals surface area contributed by atoms with Crippen LogP contribution in [0.15, 0.2) is 42.0 Å². The fourth-order valence-corrected chi connectivity index (χ4v) is 2.56. The van der Waals surface area contributed by atoms with Crippen molar-refractivity contribution < 1.29 is 0 Å². The van der Waals surface area contributed by atoms with Gasteiger partial charge in [0, 0.05) is 23.2 Å². The van der Waals surface area contributed by atoms with Gasteiger partial charge in [-0.25, -0.2) is 4.98 Å². The lowest BCUT2D eigenvalue weighted by atomic mass is 10.2. The molecule has 0 aliphatic rings. The van der Waals surface area contributed by atoms with Gasteiger partial charge in [0.15, 0.2) is 0 Å². The number of nitrogens with zero attached hydrogens (tertiary/aromatic N) is 2. The molecule has 5 heteroatoms. The highest BCUT2D eigenvalue weighted by Gasteiger charge is 2.05. The SMILES string of the molecule is Clc1ccc(NCc2nccs2)c2ncccc12. The van der Waals surface area contributed by atoms with Crippen LogP contribution >= 0.6 is 22.9 Å². The van der Waals surface area contributed by atoms with E-state index in [1.54, 1.807) is 23.7 Å². The summed E-state index contributed by atoms with van der Waals surface area (Å²) < 4.78 is 0. The molecule has 1 N–H and O–H groups in total. The highest BCUT2D eigenvalue weighted by molar-refractivity contribution is 7.09. The van der Waals surface area contributed by atoms with E-state index in [9.17, 15) is 0 Å². The molecule has 3 nitrogen and oxygen atoms in total. The summed E-state index contributed by atoms with van der Waals surface area (Å²) in [5, 5.41) is 8.04. The monoisotopic (exact) mass is 275 g/mol. The second-order valence-corrected chi connectivity index (χ2v) is 5.16. The minimum Gasteiger partial charge on any atom is -0.377 e. The van der Waals surface area contributed by atoms with E-state index in [1.165, 1.54) is 0 Å². The Morgan fingerprint density at radius 3 is 2.94 bits per heavy atom. The molecule has 18 heavy (non-hydrogen) atoms. The van der Waals surface area contributed by atoms with Crippen molar-refractivity contribution in [2.45, 2.75) is 6.54 Å². The van der Waals surface area contributed by atoms with Crippen molar-refractivity contribution in [3.63, 3.8) is 0 Å². The van der Waals surface area contributed by atoms with Gasteiger partial charge in [-0.1, -0.05) is 11.6 Å². The summed E-state index contributed by atoms with van der Waals surface area (Å²) in [6.45, 7) is 0.699. The van der Waals surface area contributed by atoms with Crippen molar-refractivity contribution in [3.8, 4) is 0 Å². The molecule has 0 aliphatic carbocycles. The van der Waals surface area contributed by atoms with Gasteiger partial charge in [-0.05, 0) is 24.3 Å². The fraction of sp³-hybridized carbons (Fsp3) is 0.0769. The Labute approximate surface area is 113 Å². The average molecular weight is 276 g/mol. The Morgan fingerprint density at radius 1 is 1.17 bits per heavy atom. The largest absolute Gasteiger partial charge is 0.377 e. The van der Waals surface area contributed by atoms with Crippen LogP contribution in [0.4, 0.5) is 5.69 Å². The molecule has 0 aliphatic heterocycles. The van der Waals surface area contributed by atoms with Crippen LogP contribution in [0, 0.1) is 0 Å². The maximum atomic E-state index is 6.15. The van der Waals surface area contributed by atoms with E-state index in [2.05, 4.69) is 15.3 Å². The van der Waals surface area contributed by atoms with Crippen LogP contribution < -0.4 is 5.32 Å². The highest BCUT2D eigenvalue weighted by atomic mass is 35.5. The molecule has 0 saturated heterocycles. The molecule has 0 bridgehead atoms. The molecule has 2 aromatic heterocycles. The van der Waals surface area contributed by atoms with Crippen molar-refractivity contribution in [3.05, 3.63) is 52.1 Å². The van der Waals surface area contributed by atoms with Crippen LogP contribution in [0.1, 0.15) is 5.01 Å². The van der Waals surface area contributed by atoms with Gasteiger partial charge >= 0.3 is 0 Å². The molecule has 2 heterocycles. The highest BCUT2D eigenvalue weighted by Crippen LogP contribution is 2.28. The summed E-state index contributed by atoms with van der Waals surface area (Å²) in [7, 11) is 0. The summed E-state index contributed by atoms with van der Waals surface area (Å²) in [6, 6.07) is 7.69. The Balaban J connectivity index is 1.94. The van der Waals surface area contributed by atoms with Gasteiger partial charge in [0.2, 0.25) is 0 Å². The van der Waals surface area contributed by atoms with Crippen molar-refractivity contribution >= 4 is 39.5 Å². The zero-order valence-corrected chi connectivity index (χ0v) is 11.0. The van der Waals surface area contributed by atoms with Crippen LogP contribution in [-0.4, -0.2) is 9.97 Å². The predicted octanol–water partition coefficient (Wildman–Crippen LogP) is 3.96. The van der Waals surface area contributed by atoms with Gasteiger partial charge in [0.25, 0.3) is 0 Å². The van der Waals surface area contributed by atoms with Gasteiger partial charge < -0.3 is 5.32 Å². The third kappa shape index (κ3) is 2.17. The Hall–Kier alpha value is -1.65. The molecule has 0 fully saturated rings. The van der Waals surface area contributed by atoms with Gasteiger partial charge in [0.1, 0.15) is 5.01 Å². The number of anilines is 1. The van der Waals surface area contributed by atoms with Crippen LogP contribution in [-0.2, 0) is 6.54 Å². The topological polar surface area (TPSA) is 37.8 Å². The first kappa shape index (κ1) is 11.4. The molecule has 0 saturated carbocycles. The Morgan fingerprint density at radius 2 is 2.11 bits per heavy atom. The lowest BCUT2D eigenvalue weighted by Crippen LogP contribution is -2.00. The van der Waals surface area contributed by atoms with E-state index in [4.69, 9.17) is 11.6 Å². The van der Waals surface area contributed by atoms with Crippen LogP contribution in [0.5, 0.6) is 0 Å². The number of rotatable bonds is 3. The summed E-state index contributed by atoms with van der Waals surface area (Å²) in [5.41, 5.74) is 1.87. The standard InChI is InChI=1S/C13H10ClN3S/c14-10-3-4-11(13-9(10)2-1-5-16-13)17-8-12-15-6-7-18-12/h1-7,17H,8H2. The first-order chi connectivity index (χ1) is 8.84. The zero-order valence-electron chi connectivity index (χ0n) is 9.43. The zero-order chi connectivity index (χ0) is 12.4. The summed E-state index contributed by atoms with van der Waals surface area (Å²) in [6.07, 6.45) is 3.58. The minimum absolute atomic E-state index is 0.699. The number of hydrogen-bond acceptors (Lipinski definition) is 4. The van der Waals surface area contributed by atoms with Gasteiger partial charge in [0.05, 0.1) is 22.8 Å². The van der Waals surface area contributed by atoms with Crippen LogP contribution in [0.3, 0.4) is 0 Å². The molecule has 0 spiro atoms. The second kappa shape index (κ2) is 4.92. The number of aromatic nitrogens is 2. The number of nitrogens with one attached hydrogen (secondary N) is 1. The number of fused-ring (bicyclic) bond motifs is 1. The van der Waals surface area contributed by atoms with Crippen molar-refractivity contribution in [2.75, 3.05) is 5.32 Å². The molecular weight excluding hydrogens is 266 g/mol. The fourth-order valence-electron chi connectivity index (χ4n) is 1.79. The maximum Gasteiger partial charge on any atom is 0.112 e. The third-order valence-electron chi connectivity index (χ3n) is 2.63. The molecule has 0 atom stereocenters.